The van der Waals surface area contributed by atoms with Gasteiger partial charge in [-0.05, 0) is 18.7 Å². The van der Waals surface area contributed by atoms with Gasteiger partial charge in [0.05, 0.1) is 5.55 Å². The third kappa shape index (κ3) is 2.09. The number of hydrogen-bond donors (Lipinski definition) is 1. The molecular weight excluding hydrogens is 250 g/mol. The zero-order valence-electron chi connectivity index (χ0n) is 10.3. The summed E-state index contributed by atoms with van der Waals surface area (Å²) in [6, 6.07) is 9.30. The third-order valence-corrected chi connectivity index (χ3v) is 3.58. The van der Waals surface area contributed by atoms with Gasteiger partial charge in [-0.1, -0.05) is 30.3 Å². The van der Waals surface area contributed by atoms with Gasteiger partial charge >= 0.3 is 6.03 Å². The molecule has 0 fully saturated rings. The minimum atomic E-state index is -0.907. The van der Waals surface area contributed by atoms with Crippen LogP contribution in [0.2, 0.25) is 0 Å². The first kappa shape index (κ1) is 12.9. The predicted octanol–water partition coefficient (Wildman–Crippen LogP) is 2.16. The van der Waals surface area contributed by atoms with Gasteiger partial charge in [0.15, 0.2) is 0 Å². The highest BCUT2D eigenvalue weighted by atomic mass is 32.2. The summed E-state index contributed by atoms with van der Waals surface area (Å²) < 4.78 is 5.82. The maximum atomic E-state index is 11.9. The van der Waals surface area contributed by atoms with E-state index in [1.54, 1.807) is 12.6 Å². The lowest BCUT2D eigenvalue weighted by molar-refractivity contribution is -0.0611. The molecule has 0 aliphatic carbocycles. The highest BCUT2D eigenvalue weighted by Crippen LogP contribution is 2.44. The van der Waals surface area contributed by atoms with Crippen LogP contribution < -0.4 is 5.32 Å². The van der Waals surface area contributed by atoms with Crippen LogP contribution in [0.15, 0.2) is 35.4 Å². The van der Waals surface area contributed by atoms with E-state index >= 15 is 0 Å². The first-order chi connectivity index (χ1) is 8.74. The van der Waals surface area contributed by atoms with E-state index in [4.69, 9.17) is 4.74 Å². The molecule has 1 unspecified atom stereocenters. The van der Waals surface area contributed by atoms with Gasteiger partial charge in [0, 0.05) is 19.2 Å². The van der Waals surface area contributed by atoms with E-state index < -0.39 is 5.06 Å². The number of carbonyl (C=O) groups is 1. The highest BCUT2D eigenvalue weighted by Gasteiger charge is 2.46. The van der Waals surface area contributed by atoms with Crippen LogP contribution in [-0.2, 0) is 9.79 Å². The van der Waals surface area contributed by atoms with Crippen LogP contribution in [-0.4, -0.2) is 30.2 Å². The summed E-state index contributed by atoms with van der Waals surface area (Å²) in [7, 11) is 1.57. The van der Waals surface area contributed by atoms with E-state index in [9.17, 15) is 4.79 Å². The van der Waals surface area contributed by atoms with Crippen molar-refractivity contribution in [2.24, 2.45) is 5.10 Å². The van der Waals surface area contributed by atoms with E-state index in [2.05, 4.69) is 10.4 Å². The third-order valence-electron chi connectivity index (χ3n) is 2.54. The molecule has 5 nitrogen and oxygen atoms in total. The van der Waals surface area contributed by atoms with E-state index in [0.29, 0.717) is 6.61 Å². The normalized spacial score (nSPS) is 22.2. The molecule has 0 aromatic heterocycles. The van der Waals surface area contributed by atoms with Crippen LogP contribution in [0.25, 0.3) is 0 Å². The molecule has 0 saturated carbocycles. The quantitative estimate of drug-likeness (QED) is 0.911. The molecular formula is C12H15N3O2S. The number of nitrogens with one attached hydrogen (secondary N) is 1. The Balaban J connectivity index is 2.41. The van der Waals surface area contributed by atoms with Gasteiger partial charge in [-0.2, -0.15) is 10.1 Å². The average molecular weight is 265 g/mol. The lowest BCUT2D eigenvalue weighted by Gasteiger charge is -2.34. The van der Waals surface area contributed by atoms with E-state index in [1.807, 2.05) is 37.3 Å². The second kappa shape index (κ2) is 5.41. The smallest absolute Gasteiger partial charge is 0.341 e. The first-order valence-corrected chi connectivity index (χ1v) is 6.54. The largest absolute Gasteiger partial charge is 0.341 e. The Labute approximate surface area is 110 Å². The number of rotatable bonds is 3. The molecule has 6 heteroatoms. The van der Waals surface area contributed by atoms with Crippen LogP contribution >= 0.6 is 11.8 Å². The maximum absolute atomic E-state index is 11.9. The molecule has 1 aliphatic heterocycles. The Hall–Kier alpha value is -1.53. The summed E-state index contributed by atoms with van der Waals surface area (Å²) in [4.78, 5) is 11.9. The molecule has 1 atom stereocenters. The molecule has 1 aliphatic rings. The van der Waals surface area contributed by atoms with Crippen molar-refractivity contribution in [1.82, 2.24) is 10.3 Å². The van der Waals surface area contributed by atoms with E-state index in [1.165, 1.54) is 16.8 Å². The van der Waals surface area contributed by atoms with Crippen LogP contribution in [0.5, 0.6) is 0 Å². The molecule has 1 heterocycles. The van der Waals surface area contributed by atoms with E-state index in [-0.39, 0.29) is 6.03 Å². The summed E-state index contributed by atoms with van der Waals surface area (Å²) in [5.74, 6) is 0. The first-order valence-electron chi connectivity index (χ1n) is 5.66. The summed E-state index contributed by atoms with van der Waals surface area (Å²) in [5.41, 5.74) is 2.51. The average Bonchev–Trinajstić information content (AvgIpc) is 2.84. The number of ether oxygens (including phenoxy) is 1. The molecule has 2 amide bonds. The lowest BCUT2D eigenvalue weighted by atomic mass is 10.2. The number of carbonyl (C=O) groups excluding carboxylic acids is 1. The van der Waals surface area contributed by atoms with Gasteiger partial charge < -0.3 is 10.1 Å². The Kier molecular flexibility index (Phi) is 3.88. The molecule has 0 bridgehead atoms. The predicted molar refractivity (Wildman–Crippen MR) is 72.1 cm³/mol. The summed E-state index contributed by atoms with van der Waals surface area (Å²) >= 11 is 1.37. The number of hydrazone groups is 1. The number of nitrogens with zero attached hydrogens (tertiary/aromatic N) is 2. The van der Waals surface area contributed by atoms with Crippen molar-refractivity contribution in [1.29, 1.82) is 0 Å². The van der Waals surface area contributed by atoms with Crippen molar-refractivity contribution in [3.8, 4) is 0 Å². The van der Waals surface area contributed by atoms with Gasteiger partial charge in [-0.3, -0.25) is 0 Å². The summed E-state index contributed by atoms with van der Waals surface area (Å²) in [5, 5.41) is 7.08. The minimum Gasteiger partial charge on any atom is -0.341 e. The zero-order chi connectivity index (χ0) is 13.0. The van der Waals surface area contributed by atoms with Crippen molar-refractivity contribution in [2.75, 3.05) is 13.7 Å². The molecule has 18 heavy (non-hydrogen) atoms. The zero-order valence-corrected chi connectivity index (χ0v) is 11.1. The molecule has 0 saturated heterocycles. The van der Waals surface area contributed by atoms with Crippen LogP contribution in [0, 0.1) is 0 Å². The summed E-state index contributed by atoms with van der Waals surface area (Å²) in [6.45, 7) is 2.38. The Bertz CT molecular complexity index is 452. The minimum absolute atomic E-state index is 0.298. The molecule has 96 valence electrons. The lowest BCUT2D eigenvalue weighted by Crippen LogP contribution is -2.47. The van der Waals surface area contributed by atoms with Crippen molar-refractivity contribution >= 4 is 23.3 Å². The Morgan fingerprint density at radius 3 is 2.83 bits per heavy atom. The Morgan fingerprint density at radius 2 is 2.22 bits per heavy atom. The fourth-order valence-corrected chi connectivity index (χ4v) is 2.75. The fraction of sp³-hybridized carbons (Fsp3) is 0.333. The molecule has 1 aromatic rings. The van der Waals surface area contributed by atoms with Crippen molar-refractivity contribution in [3.05, 3.63) is 35.9 Å². The second-order valence-corrected chi connectivity index (χ2v) is 4.59. The molecule has 1 N–H and O–H groups in total. The standard InChI is InChI=1S/C12H15N3O2S/c1-3-17-12(10-7-5-4-6-8-10)15(11(16)13-2)14-9-18-12/h4-9H,3H2,1-2H3,(H,13,16). The molecule has 0 spiro atoms. The van der Waals surface area contributed by atoms with Crippen molar-refractivity contribution in [3.63, 3.8) is 0 Å². The van der Waals surface area contributed by atoms with Crippen molar-refractivity contribution < 1.29 is 9.53 Å². The number of amides is 2. The number of hydrogen-bond acceptors (Lipinski definition) is 4. The topological polar surface area (TPSA) is 53.9 Å². The molecule has 2 rings (SSSR count). The monoisotopic (exact) mass is 265 g/mol. The van der Waals surface area contributed by atoms with Crippen LogP contribution in [0.3, 0.4) is 0 Å². The van der Waals surface area contributed by atoms with E-state index in [0.717, 1.165) is 5.56 Å². The molecule has 0 radical (unpaired) electrons. The van der Waals surface area contributed by atoms with Gasteiger partial charge in [0.2, 0.25) is 5.06 Å². The summed E-state index contributed by atoms with van der Waals surface area (Å²) in [6.07, 6.45) is 0. The van der Waals surface area contributed by atoms with Crippen LogP contribution in [0.1, 0.15) is 12.5 Å². The van der Waals surface area contributed by atoms with Gasteiger partial charge in [0.1, 0.15) is 0 Å². The SMILES string of the molecule is CCOC1(c2ccccc2)SC=NN1C(=O)NC. The molecule has 1 aromatic carbocycles. The number of benzene rings is 1. The number of thioether (sulfide) groups is 1. The maximum Gasteiger partial charge on any atom is 0.341 e. The van der Waals surface area contributed by atoms with Crippen molar-refractivity contribution in [2.45, 2.75) is 12.0 Å². The highest BCUT2D eigenvalue weighted by molar-refractivity contribution is 8.12. The van der Waals surface area contributed by atoms with Crippen LogP contribution in [0.4, 0.5) is 4.79 Å². The van der Waals surface area contributed by atoms with Gasteiger partial charge in [-0.25, -0.2) is 4.79 Å². The fourth-order valence-electron chi connectivity index (χ4n) is 1.77. The number of urea groups is 1. The van der Waals surface area contributed by atoms with Gasteiger partial charge in [-0.15, -0.1) is 0 Å². The second-order valence-electron chi connectivity index (χ2n) is 3.59. The Morgan fingerprint density at radius 1 is 1.50 bits per heavy atom. The van der Waals surface area contributed by atoms with Gasteiger partial charge in [0.25, 0.3) is 0 Å².